The van der Waals surface area contributed by atoms with Crippen LogP contribution in [0.3, 0.4) is 0 Å². The van der Waals surface area contributed by atoms with Crippen LogP contribution in [-0.4, -0.2) is 31.4 Å². The summed E-state index contributed by atoms with van der Waals surface area (Å²) in [6.45, 7) is 5.93. The van der Waals surface area contributed by atoms with Crippen LogP contribution in [0, 0.1) is 13.8 Å². The van der Waals surface area contributed by atoms with Gasteiger partial charge in [0.05, 0.1) is 11.5 Å². The largest absolute Gasteiger partial charge is 0.392 e. The second-order valence-corrected chi connectivity index (χ2v) is 6.54. The first-order valence-electron chi connectivity index (χ1n) is 6.02. The van der Waals surface area contributed by atoms with Crippen molar-refractivity contribution in [1.29, 1.82) is 0 Å². The standard InChI is InChI=1S/C13H21NO3S/c1-5-6-14(4)18(16,17)13-8-12(9-15)10(2)7-11(13)3/h7-8,15H,5-6,9H2,1-4H3. The molecule has 4 nitrogen and oxygen atoms in total. The van der Waals surface area contributed by atoms with Crippen LogP contribution in [0.25, 0.3) is 0 Å². The molecule has 0 radical (unpaired) electrons. The van der Waals surface area contributed by atoms with E-state index in [4.69, 9.17) is 0 Å². The average molecular weight is 271 g/mol. The number of rotatable bonds is 5. The third-order valence-electron chi connectivity index (χ3n) is 3.03. The summed E-state index contributed by atoms with van der Waals surface area (Å²) in [5.74, 6) is 0. The van der Waals surface area contributed by atoms with Gasteiger partial charge in [-0.15, -0.1) is 0 Å². The first kappa shape index (κ1) is 15.1. The molecule has 0 aliphatic heterocycles. The zero-order valence-electron chi connectivity index (χ0n) is 11.4. The van der Waals surface area contributed by atoms with Crippen molar-refractivity contribution >= 4 is 10.0 Å². The van der Waals surface area contributed by atoms with Gasteiger partial charge in [-0.3, -0.25) is 0 Å². The van der Waals surface area contributed by atoms with Crippen molar-refractivity contribution < 1.29 is 13.5 Å². The molecule has 1 N–H and O–H groups in total. The van der Waals surface area contributed by atoms with Crippen molar-refractivity contribution in [3.63, 3.8) is 0 Å². The molecular formula is C13H21NO3S. The van der Waals surface area contributed by atoms with Crippen LogP contribution < -0.4 is 0 Å². The zero-order valence-corrected chi connectivity index (χ0v) is 12.2. The Kier molecular flexibility index (Phi) is 4.90. The summed E-state index contributed by atoms with van der Waals surface area (Å²) in [4.78, 5) is 0.285. The van der Waals surface area contributed by atoms with E-state index in [9.17, 15) is 13.5 Å². The zero-order chi connectivity index (χ0) is 13.9. The van der Waals surface area contributed by atoms with E-state index in [1.54, 1.807) is 26.1 Å². The van der Waals surface area contributed by atoms with E-state index < -0.39 is 10.0 Å². The van der Waals surface area contributed by atoms with Gasteiger partial charge in [-0.05, 0) is 43.0 Å². The second-order valence-electron chi connectivity index (χ2n) is 4.53. The molecule has 1 rings (SSSR count). The van der Waals surface area contributed by atoms with Crippen molar-refractivity contribution in [2.24, 2.45) is 0 Å². The van der Waals surface area contributed by atoms with Crippen LogP contribution in [-0.2, 0) is 16.6 Å². The molecule has 0 aromatic heterocycles. The Hall–Kier alpha value is -0.910. The molecule has 1 aromatic carbocycles. The summed E-state index contributed by atoms with van der Waals surface area (Å²) in [6, 6.07) is 3.38. The molecular weight excluding hydrogens is 250 g/mol. The molecule has 0 saturated heterocycles. The fraction of sp³-hybridized carbons (Fsp3) is 0.538. The molecule has 0 atom stereocenters. The minimum absolute atomic E-state index is 0.147. The topological polar surface area (TPSA) is 57.6 Å². The maximum Gasteiger partial charge on any atom is 0.243 e. The quantitative estimate of drug-likeness (QED) is 0.889. The van der Waals surface area contributed by atoms with Crippen LogP contribution >= 0.6 is 0 Å². The molecule has 0 aliphatic carbocycles. The lowest BCUT2D eigenvalue weighted by atomic mass is 10.1. The predicted octanol–water partition coefficient (Wildman–Crippen LogP) is 1.83. The molecule has 0 amide bonds. The van der Waals surface area contributed by atoms with E-state index in [-0.39, 0.29) is 11.5 Å². The number of aliphatic hydroxyl groups is 1. The van der Waals surface area contributed by atoms with Gasteiger partial charge in [0, 0.05) is 13.6 Å². The summed E-state index contributed by atoms with van der Waals surface area (Å²) in [6.07, 6.45) is 0.771. The van der Waals surface area contributed by atoms with Crippen LogP contribution in [0.5, 0.6) is 0 Å². The van der Waals surface area contributed by atoms with Crippen LogP contribution in [0.1, 0.15) is 30.0 Å². The highest BCUT2D eigenvalue weighted by molar-refractivity contribution is 7.89. The molecule has 102 valence electrons. The molecule has 0 spiro atoms. The first-order chi connectivity index (χ1) is 8.34. The highest BCUT2D eigenvalue weighted by Crippen LogP contribution is 2.23. The molecule has 18 heavy (non-hydrogen) atoms. The third kappa shape index (κ3) is 2.91. The minimum atomic E-state index is -3.46. The number of aliphatic hydroxyl groups excluding tert-OH is 1. The number of nitrogens with zero attached hydrogens (tertiary/aromatic N) is 1. The van der Waals surface area contributed by atoms with Crippen molar-refractivity contribution in [3.8, 4) is 0 Å². The van der Waals surface area contributed by atoms with Gasteiger partial charge < -0.3 is 5.11 Å². The van der Waals surface area contributed by atoms with Gasteiger partial charge in [0.15, 0.2) is 0 Å². The lowest BCUT2D eigenvalue weighted by Gasteiger charge is -2.19. The number of benzene rings is 1. The van der Waals surface area contributed by atoms with Crippen LogP contribution in [0.2, 0.25) is 0 Å². The van der Waals surface area contributed by atoms with Crippen molar-refractivity contribution in [2.45, 2.75) is 38.7 Å². The van der Waals surface area contributed by atoms with Crippen LogP contribution in [0.15, 0.2) is 17.0 Å². The van der Waals surface area contributed by atoms with Gasteiger partial charge in [0.25, 0.3) is 0 Å². The number of sulfonamides is 1. The molecule has 0 saturated carbocycles. The Morgan fingerprint density at radius 2 is 1.83 bits per heavy atom. The van der Waals surface area contributed by atoms with Gasteiger partial charge in [0.1, 0.15) is 0 Å². The first-order valence-corrected chi connectivity index (χ1v) is 7.46. The summed E-state index contributed by atoms with van der Waals surface area (Å²) in [5, 5.41) is 9.23. The predicted molar refractivity (Wildman–Crippen MR) is 71.9 cm³/mol. The summed E-state index contributed by atoms with van der Waals surface area (Å²) in [5.41, 5.74) is 2.28. The molecule has 0 fully saturated rings. The van der Waals surface area contributed by atoms with Crippen molar-refractivity contribution in [2.75, 3.05) is 13.6 Å². The maximum atomic E-state index is 12.4. The monoisotopic (exact) mass is 271 g/mol. The van der Waals surface area contributed by atoms with Crippen molar-refractivity contribution in [3.05, 3.63) is 28.8 Å². The average Bonchev–Trinajstić information content (AvgIpc) is 2.29. The van der Waals surface area contributed by atoms with E-state index in [1.165, 1.54) is 4.31 Å². The van der Waals surface area contributed by atoms with E-state index >= 15 is 0 Å². The third-order valence-corrected chi connectivity index (χ3v) is 5.03. The second kappa shape index (κ2) is 5.82. The van der Waals surface area contributed by atoms with Gasteiger partial charge in [-0.1, -0.05) is 13.0 Å². The molecule has 0 aliphatic rings. The molecule has 1 aromatic rings. The number of hydrogen-bond acceptors (Lipinski definition) is 3. The van der Waals surface area contributed by atoms with Gasteiger partial charge in [-0.25, -0.2) is 12.7 Å². The fourth-order valence-electron chi connectivity index (χ4n) is 1.93. The Morgan fingerprint density at radius 1 is 1.22 bits per heavy atom. The number of aryl methyl sites for hydroxylation is 2. The molecule has 0 bridgehead atoms. The summed E-state index contributed by atoms with van der Waals surface area (Å²) in [7, 11) is -1.88. The fourth-order valence-corrected chi connectivity index (χ4v) is 3.44. The molecule has 5 heteroatoms. The summed E-state index contributed by atoms with van der Waals surface area (Å²) < 4.78 is 26.1. The van der Waals surface area contributed by atoms with Gasteiger partial charge in [-0.2, -0.15) is 0 Å². The Balaban J connectivity index is 3.32. The SMILES string of the molecule is CCCN(C)S(=O)(=O)c1cc(CO)c(C)cc1C. The lowest BCUT2D eigenvalue weighted by molar-refractivity contribution is 0.280. The van der Waals surface area contributed by atoms with Crippen LogP contribution in [0.4, 0.5) is 0 Å². The van der Waals surface area contributed by atoms with E-state index in [0.29, 0.717) is 17.7 Å². The van der Waals surface area contributed by atoms with E-state index in [2.05, 4.69) is 0 Å². The highest BCUT2D eigenvalue weighted by atomic mass is 32.2. The Bertz CT molecular complexity index is 523. The highest BCUT2D eigenvalue weighted by Gasteiger charge is 2.22. The molecule has 0 unspecified atom stereocenters. The lowest BCUT2D eigenvalue weighted by Crippen LogP contribution is -2.28. The van der Waals surface area contributed by atoms with Gasteiger partial charge in [0.2, 0.25) is 10.0 Å². The maximum absolute atomic E-state index is 12.4. The van der Waals surface area contributed by atoms with Crippen molar-refractivity contribution in [1.82, 2.24) is 4.31 Å². The Morgan fingerprint density at radius 3 is 2.33 bits per heavy atom. The molecule has 0 heterocycles. The smallest absolute Gasteiger partial charge is 0.243 e. The van der Waals surface area contributed by atoms with E-state index in [1.807, 2.05) is 13.8 Å². The normalized spacial score (nSPS) is 12.1. The Labute approximate surface area is 109 Å². The number of hydrogen-bond donors (Lipinski definition) is 1. The van der Waals surface area contributed by atoms with E-state index in [0.717, 1.165) is 12.0 Å². The van der Waals surface area contributed by atoms with Gasteiger partial charge >= 0.3 is 0 Å². The minimum Gasteiger partial charge on any atom is -0.392 e. The summed E-state index contributed by atoms with van der Waals surface area (Å²) >= 11 is 0.